The van der Waals surface area contributed by atoms with Gasteiger partial charge in [-0.1, -0.05) is 13.8 Å². The SMILES string of the molecule is CC(C)(C)OC(=O)N1CCC2(CCC(=O)C(C)(C)C2)C1. The molecule has 1 saturated heterocycles. The first-order valence-corrected chi connectivity index (χ1v) is 7.54. The van der Waals surface area contributed by atoms with Gasteiger partial charge in [-0.25, -0.2) is 4.79 Å². The van der Waals surface area contributed by atoms with Gasteiger partial charge in [-0.05, 0) is 45.4 Å². The molecule has 0 radical (unpaired) electrons. The van der Waals surface area contributed by atoms with E-state index in [9.17, 15) is 9.59 Å². The topological polar surface area (TPSA) is 46.6 Å². The van der Waals surface area contributed by atoms with Gasteiger partial charge in [0.2, 0.25) is 0 Å². The normalized spacial score (nSPS) is 29.9. The van der Waals surface area contributed by atoms with Gasteiger partial charge in [0.1, 0.15) is 11.4 Å². The Labute approximate surface area is 121 Å². The van der Waals surface area contributed by atoms with Crippen molar-refractivity contribution in [3.8, 4) is 0 Å². The Bertz CT molecular complexity index is 422. The summed E-state index contributed by atoms with van der Waals surface area (Å²) in [5.74, 6) is 0.360. The van der Waals surface area contributed by atoms with Gasteiger partial charge in [0, 0.05) is 24.9 Å². The molecule has 1 amide bonds. The van der Waals surface area contributed by atoms with Crippen LogP contribution in [0.5, 0.6) is 0 Å². The molecule has 1 atom stereocenters. The van der Waals surface area contributed by atoms with Crippen LogP contribution in [0.1, 0.15) is 60.3 Å². The maximum atomic E-state index is 12.1. The first-order chi connectivity index (χ1) is 9.03. The lowest BCUT2D eigenvalue weighted by Crippen LogP contribution is -2.42. The van der Waals surface area contributed by atoms with Gasteiger partial charge in [0.25, 0.3) is 0 Å². The van der Waals surface area contributed by atoms with E-state index in [0.717, 1.165) is 32.4 Å². The van der Waals surface area contributed by atoms with Crippen LogP contribution in [0.4, 0.5) is 4.79 Å². The number of Topliss-reactive ketones (excluding diaryl/α,β-unsaturated/α-hetero) is 1. The van der Waals surface area contributed by atoms with Crippen LogP contribution in [0.2, 0.25) is 0 Å². The monoisotopic (exact) mass is 281 g/mol. The highest BCUT2D eigenvalue weighted by Crippen LogP contribution is 2.49. The fourth-order valence-electron chi connectivity index (χ4n) is 3.61. The van der Waals surface area contributed by atoms with Crippen LogP contribution in [0.15, 0.2) is 0 Å². The van der Waals surface area contributed by atoms with Gasteiger partial charge < -0.3 is 9.64 Å². The van der Waals surface area contributed by atoms with Crippen molar-refractivity contribution in [2.45, 2.75) is 65.9 Å². The van der Waals surface area contributed by atoms with Crippen LogP contribution < -0.4 is 0 Å². The third-order valence-corrected chi connectivity index (χ3v) is 4.54. The summed E-state index contributed by atoms with van der Waals surface area (Å²) >= 11 is 0. The molecule has 0 aromatic heterocycles. The van der Waals surface area contributed by atoms with E-state index in [1.807, 2.05) is 39.5 Å². The number of hydrogen-bond acceptors (Lipinski definition) is 3. The van der Waals surface area contributed by atoms with Crippen molar-refractivity contribution in [2.75, 3.05) is 13.1 Å². The van der Waals surface area contributed by atoms with Gasteiger partial charge in [-0.15, -0.1) is 0 Å². The number of carbonyl (C=O) groups excluding carboxylic acids is 2. The molecule has 114 valence electrons. The molecule has 4 heteroatoms. The van der Waals surface area contributed by atoms with Crippen molar-refractivity contribution >= 4 is 11.9 Å². The van der Waals surface area contributed by atoms with Crippen LogP contribution in [0.3, 0.4) is 0 Å². The van der Waals surface area contributed by atoms with Gasteiger partial charge in [0.15, 0.2) is 0 Å². The van der Waals surface area contributed by atoms with Crippen molar-refractivity contribution in [1.82, 2.24) is 4.90 Å². The second-order valence-corrected chi connectivity index (χ2v) is 8.14. The number of ether oxygens (including phenoxy) is 1. The largest absolute Gasteiger partial charge is 0.444 e. The second kappa shape index (κ2) is 4.74. The lowest BCUT2D eigenvalue weighted by atomic mass is 9.62. The van der Waals surface area contributed by atoms with Crippen molar-refractivity contribution in [1.29, 1.82) is 0 Å². The lowest BCUT2D eigenvalue weighted by Gasteiger charge is -2.41. The first-order valence-electron chi connectivity index (χ1n) is 7.54. The smallest absolute Gasteiger partial charge is 0.410 e. The zero-order valence-corrected chi connectivity index (χ0v) is 13.4. The summed E-state index contributed by atoms with van der Waals surface area (Å²) in [5.41, 5.74) is -0.578. The molecule has 1 spiro atoms. The number of hydrogen-bond donors (Lipinski definition) is 0. The summed E-state index contributed by atoms with van der Waals surface area (Å²) in [7, 11) is 0. The van der Waals surface area contributed by atoms with E-state index in [-0.39, 0.29) is 16.9 Å². The van der Waals surface area contributed by atoms with E-state index in [2.05, 4.69) is 0 Å². The van der Waals surface area contributed by atoms with Crippen molar-refractivity contribution in [2.24, 2.45) is 10.8 Å². The summed E-state index contributed by atoms with van der Waals surface area (Å²) in [6.07, 6.45) is 3.22. The van der Waals surface area contributed by atoms with Crippen molar-refractivity contribution in [3.05, 3.63) is 0 Å². The predicted octanol–water partition coefficient (Wildman–Crippen LogP) is 3.39. The fraction of sp³-hybridized carbons (Fsp3) is 0.875. The van der Waals surface area contributed by atoms with Crippen LogP contribution in [-0.4, -0.2) is 35.5 Å². The van der Waals surface area contributed by atoms with Crippen LogP contribution in [0, 0.1) is 10.8 Å². The summed E-state index contributed by atoms with van der Waals surface area (Å²) < 4.78 is 5.45. The Morgan fingerprint density at radius 2 is 1.90 bits per heavy atom. The molecule has 0 bridgehead atoms. The highest BCUT2D eigenvalue weighted by molar-refractivity contribution is 5.85. The zero-order chi connectivity index (χ0) is 15.2. The molecule has 4 nitrogen and oxygen atoms in total. The fourth-order valence-corrected chi connectivity index (χ4v) is 3.61. The Morgan fingerprint density at radius 1 is 1.25 bits per heavy atom. The standard InChI is InChI=1S/C16H27NO3/c1-14(2,3)20-13(19)17-9-8-16(11-17)7-6-12(18)15(4,5)10-16/h6-11H2,1-5H3. The Kier molecular flexibility index (Phi) is 3.64. The van der Waals surface area contributed by atoms with Gasteiger partial charge in [0.05, 0.1) is 0 Å². The van der Waals surface area contributed by atoms with E-state index < -0.39 is 5.60 Å². The predicted molar refractivity (Wildman–Crippen MR) is 77.5 cm³/mol. The molecule has 2 rings (SSSR count). The molecule has 2 fully saturated rings. The summed E-state index contributed by atoms with van der Waals surface area (Å²) in [4.78, 5) is 25.9. The lowest BCUT2D eigenvalue weighted by molar-refractivity contribution is -0.133. The molecular weight excluding hydrogens is 254 g/mol. The maximum Gasteiger partial charge on any atom is 0.410 e. The molecule has 1 unspecified atom stereocenters. The number of carbonyl (C=O) groups is 2. The quantitative estimate of drug-likeness (QED) is 0.683. The summed E-state index contributed by atoms with van der Waals surface area (Å²) in [5, 5.41) is 0. The number of ketones is 1. The molecule has 1 saturated carbocycles. The molecule has 1 aliphatic heterocycles. The minimum Gasteiger partial charge on any atom is -0.444 e. The van der Waals surface area contributed by atoms with E-state index in [1.54, 1.807) is 0 Å². The molecule has 20 heavy (non-hydrogen) atoms. The van der Waals surface area contributed by atoms with E-state index in [1.165, 1.54) is 0 Å². The summed E-state index contributed by atoms with van der Waals surface area (Å²) in [6.45, 7) is 11.2. The van der Waals surface area contributed by atoms with Gasteiger partial charge in [-0.2, -0.15) is 0 Å². The average Bonchev–Trinajstić information content (AvgIpc) is 2.66. The average molecular weight is 281 g/mol. The Hall–Kier alpha value is -1.06. The molecule has 1 heterocycles. The number of likely N-dealkylation sites (tertiary alicyclic amines) is 1. The third-order valence-electron chi connectivity index (χ3n) is 4.54. The third kappa shape index (κ3) is 3.15. The van der Waals surface area contributed by atoms with Crippen LogP contribution in [-0.2, 0) is 9.53 Å². The highest BCUT2D eigenvalue weighted by Gasteiger charge is 2.49. The van der Waals surface area contributed by atoms with Gasteiger partial charge in [-0.3, -0.25) is 4.79 Å². The summed E-state index contributed by atoms with van der Waals surface area (Å²) in [6, 6.07) is 0. The van der Waals surface area contributed by atoms with Crippen LogP contribution in [0.25, 0.3) is 0 Å². The Morgan fingerprint density at radius 3 is 2.45 bits per heavy atom. The molecule has 0 N–H and O–H groups in total. The molecular formula is C16H27NO3. The van der Waals surface area contributed by atoms with Gasteiger partial charge >= 0.3 is 6.09 Å². The Balaban J connectivity index is 2.02. The minimum absolute atomic E-state index is 0.119. The minimum atomic E-state index is -0.450. The van der Waals surface area contributed by atoms with E-state index in [4.69, 9.17) is 4.74 Å². The highest BCUT2D eigenvalue weighted by atomic mass is 16.6. The second-order valence-electron chi connectivity index (χ2n) is 8.14. The van der Waals surface area contributed by atoms with E-state index in [0.29, 0.717) is 12.2 Å². The molecule has 0 aromatic carbocycles. The zero-order valence-electron chi connectivity index (χ0n) is 13.4. The number of amides is 1. The number of nitrogens with zero attached hydrogens (tertiary/aromatic N) is 1. The molecule has 1 aliphatic carbocycles. The first kappa shape index (κ1) is 15.3. The van der Waals surface area contributed by atoms with Crippen molar-refractivity contribution in [3.63, 3.8) is 0 Å². The molecule has 2 aliphatic rings. The van der Waals surface area contributed by atoms with Crippen LogP contribution >= 0.6 is 0 Å². The van der Waals surface area contributed by atoms with Crippen molar-refractivity contribution < 1.29 is 14.3 Å². The number of rotatable bonds is 0. The van der Waals surface area contributed by atoms with E-state index >= 15 is 0 Å². The molecule has 0 aromatic rings. The maximum absolute atomic E-state index is 12.1.